The molecular weight excluding hydrogens is 772 g/mol. The van der Waals surface area contributed by atoms with Crippen molar-refractivity contribution in [2.24, 2.45) is 0 Å². The smallest absolute Gasteiger partial charge is 0.257 e. The molecule has 9 nitrogen and oxygen atoms in total. The van der Waals surface area contributed by atoms with Gasteiger partial charge in [-0.15, -0.1) is 0 Å². The number of amides is 2. The predicted octanol–water partition coefficient (Wildman–Crippen LogP) is 7.45. The molecule has 3 atom stereocenters. The van der Waals surface area contributed by atoms with Gasteiger partial charge < -0.3 is 35.0 Å². The topological polar surface area (TPSA) is 103 Å². The number of carbonyl (C=O) groups excluding carboxylic acids is 2. The summed E-state index contributed by atoms with van der Waals surface area (Å²) in [5, 5.41) is 14.9. The zero-order chi connectivity index (χ0) is 41.3. The van der Waals surface area contributed by atoms with E-state index in [1.807, 2.05) is 84.9 Å². The van der Waals surface area contributed by atoms with Crippen LogP contribution in [0.2, 0.25) is 0 Å². The van der Waals surface area contributed by atoms with Gasteiger partial charge in [0, 0.05) is 43.9 Å². The molecule has 3 N–H and O–H groups in total. The van der Waals surface area contributed by atoms with Crippen molar-refractivity contribution >= 4 is 17.5 Å². The minimum absolute atomic E-state index is 0.0579. The number of hydrogen-bond acceptors (Lipinski definition) is 7. The van der Waals surface area contributed by atoms with Gasteiger partial charge in [0.15, 0.2) is 29.6 Å². The maximum atomic E-state index is 14.2. The zero-order valence-electron chi connectivity index (χ0n) is 31.8. The van der Waals surface area contributed by atoms with E-state index in [1.165, 1.54) is 0 Å². The van der Waals surface area contributed by atoms with Crippen LogP contribution in [0.15, 0.2) is 103 Å². The summed E-state index contributed by atoms with van der Waals surface area (Å²) in [6.07, 6.45) is 0.732. The first kappa shape index (κ1) is 40.1. The number of likely N-dealkylation sites (tertiary alicyclic amines) is 1. The SMILES string of the molecule is O=C(NCc1cccc(-c2ccc([C@H]3O[C@@H](CN4CCC5(CC4)C(=O)NCN5c4ccccc4)C[C@@H](c4ccc(CO)cc4)O3)cc2)c1)c1c(F)c(F)c(F)c(F)c1F. The largest absolute Gasteiger partial charge is 0.392 e. The molecule has 0 aliphatic carbocycles. The van der Waals surface area contributed by atoms with Crippen LogP contribution in [0.3, 0.4) is 0 Å². The first-order valence-electron chi connectivity index (χ1n) is 19.4. The predicted molar refractivity (Wildman–Crippen MR) is 208 cm³/mol. The summed E-state index contributed by atoms with van der Waals surface area (Å²) in [6.45, 7) is 2.23. The van der Waals surface area contributed by atoms with Gasteiger partial charge in [-0.05, 0) is 58.9 Å². The molecule has 3 aliphatic heterocycles. The van der Waals surface area contributed by atoms with E-state index in [-0.39, 0.29) is 31.3 Å². The Balaban J connectivity index is 0.956. The molecule has 8 rings (SSSR count). The van der Waals surface area contributed by atoms with Gasteiger partial charge >= 0.3 is 0 Å². The van der Waals surface area contributed by atoms with Crippen molar-refractivity contribution in [3.63, 3.8) is 0 Å². The van der Waals surface area contributed by atoms with Gasteiger partial charge in [0.25, 0.3) is 5.91 Å². The van der Waals surface area contributed by atoms with Crippen molar-refractivity contribution in [1.82, 2.24) is 15.5 Å². The van der Waals surface area contributed by atoms with Crippen LogP contribution in [0.1, 0.15) is 64.3 Å². The number of para-hydroxylation sites is 1. The Morgan fingerprint density at radius 2 is 1.42 bits per heavy atom. The van der Waals surface area contributed by atoms with Crippen molar-refractivity contribution in [2.75, 3.05) is 31.2 Å². The summed E-state index contributed by atoms with van der Waals surface area (Å²) in [6, 6.07) is 32.2. The minimum atomic E-state index is -2.34. The van der Waals surface area contributed by atoms with E-state index >= 15 is 0 Å². The molecule has 3 fully saturated rings. The van der Waals surface area contributed by atoms with Gasteiger partial charge in [-0.3, -0.25) is 9.59 Å². The van der Waals surface area contributed by atoms with Crippen LogP contribution in [0, 0.1) is 29.1 Å². The van der Waals surface area contributed by atoms with Crippen molar-refractivity contribution in [3.05, 3.63) is 160 Å². The molecule has 5 aromatic rings. The Hall–Kier alpha value is -5.67. The molecule has 1 spiro atoms. The molecule has 3 aliphatic rings. The number of piperidine rings is 1. The minimum Gasteiger partial charge on any atom is -0.392 e. The molecule has 3 heterocycles. The summed E-state index contributed by atoms with van der Waals surface area (Å²) < 4.78 is 82.5. The third-order valence-electron chi connectivity index (χ3n) is 11.5. The number of hydrogen-bond donors (Lipinski definition) is 3. The standard InChI is InChI=1S/C45H41F5N4O5/c46-37-36(38(47)40(49)41(50)39(37)48)42(56)51-23-28-5-4-6-32(21-28)29-13-15-31(16-14-29)43-58-34(22-35(59-43)30-11-9-27(25-55)10-12-30)24-53-19-17-45(18-20-53)44(57)52-26-54(45)33-7-2-1-3-8-33/h1-16,21,34-35,43,55H,17-20,22-26H2,(H,51,56)(H,52,57)/t34-,35+,43+/m1/s1. The van der Waals surface area contributed by atoms with E-state index in [4.69, 9.17) is 9.47 Å². The lowest BCUT2D eigenvalue weighted by atomic mass is 9.85. The maximum Gasteiger partial charge on any atom is 0.257 e. The highest BCUT2D eigenvalue weighted by Gasteiger charge is 2.50. The van der Waals surface area contributed by atoms with Crippen LogP contribution in [-0.2, 0) is 27.4 Å². The lowest BCUT2D eigenvalue weighted by molar-refractivity contribution is -0.253. The van der Waals surface area contributed by atoms with Crippen LogP contribution in [0.4, 0.5) is 27.6 Å². The van der Waals surface area contributed by atoms with Gasteiger partial charge in [-0.1, -0.05) is 84.9 Å². The monoisotopic (exact) mass is 812 g/mol. The number of carbonyl (C=O) groups is 2. The van der Waals surface area contributed by atoms with E-state index in [9.17, 15) is 36.6 Å². The highest BCUT2D eigenvalue weighted by atomic mass is 19.2. The number of anilines is 1. The second-order valence-corrected chi connectivity index (χ2v) is 15.1. The number of rotatable bonds is 10. The lowest BCUT2D eigenvalue weighted by Crippen LogP contribution is -2.57. The summed E-state index contributed by atoms with van der Waals surface area (Å²) in [7, 11) is 0. The molecular formula is C45H41F5N4O5. The fourth-order valence-electron chi connectivity index (χ4n) is 8.23. The first-order valence-corrected chi connectivity index (χ1v) is 19.4. The highest BCUT2D eigenvalue weighted by molar-refractivity contribution is 5.95. The van der Waals surface area contributed by atoms with Crippen molar-refractivity contribution in [2.45, 2.75) is 56.5 Å². The zero-order valence-corrected chi connectivity index (χ0v) is 31.8. The van der Waals surface area contributed by atoms with Crippen molar-refractivity contribution in [3.8, 4) is 11.1 Å². The van der Waals surface area contributed by atoms with E-state index < -0.39 is 52.4 Å². The maximum absolute atomic E-state index is 14.2. The second-order valence-electron chi connectivity index (χ2n) is 15.1. The molecule has 5 aromatic carbocycles. The third-order valence-corrected chi connectivity index (χ3v) is 11.5. The summed E-state index contributed by atoms with van der Waals surface area (Å²) in [5.41, 5.74) is 3.45. The van der Waals surface area contributed by atoms with Crippen LogP contribution in [0.5, 0.6) is 0 Å². The molecule has 0 radical (unpaired) electrons. The Morgan fingerprint density at radius 1 is 0.763 bits per heavy atom. The number of nitrogens with one attached hydrogen (secondary N) is 2. The highest BCUT2D eigenvalue weighted by Crippen LogP contribution is 2.40. The number of benzene rings is 5. The fraction of sp³-hybridized carbons (Fsp3) is 0.289. The van der Waals surface area contributed by atoms with Gasteiger partial charge in [-0.2, -0.15) is 0 Å². The van der Waals surface area contributed by atoms with Crippen LogP contribution in [-0.4, -0.2) is 59.8 Å². The van der Waals surface area contributed by atoms with Crippen molar-refractivity contribution in [1.29, 1.82) is 0 Å². The number of ether oxygens (including phenoxy) is 2. The van der Waals surface area contributed by atoms with Crippen LogP contribution in [0.25, 0.3) is 11.1 Å². The van der Waals surface area contributed by atoms with E-state index in [0.29, 0.717) is 51.1 Å². The molecule has 2 amide bonds. The first-order chi connectivity index (χ1) is 28.5. The average Bonchev–Trinajstić information content (AvgIpc) is 3.59. The van der Waals surface area contributed by atoms with E-state index in [2.05, 4.69) is 20.4 Å². The van der Waals surface area contributed by atoms with Crippen LogP contribution < -0.4 is 15.5 Å². The Bertz CT molecular complexity index is 2300. The Kier molecular flexibility index (Phi) is 11.5. The van der Waals surface area contributed by atoms with E-state index in [1.54, 1.807) is 18.2 Å². The summed E-state index contributed by atoms with van der Waals surface area (Å²) >= 11 is 0. The van der Waals surface area contributed by atoms with Gasteiger partial charge in [0.1, 0.15) is 11.1 Å². The molecule has 0 unspecified atom stereocenters. The van der Waals surface area contributed by atoms with Gasteiger partial charge in [-0.25, -0.2) is 22.0 Å². The number of nitrogens with zero attached hydrogens (tertiary/aromatic N) is 2. The molecule has 0 aromatic heterocycles. The number of aliphatic hydroxyl groups excluding tert-OH is 1. The molecule has 3 saturated heterocycles. The normalized spacial score (nSPS) is 20.5. The van der Waals surface area contributed by atoms with Gasteiger partial charge in [0.05, 0.1) is 25.5 Å². The third kappa shape index (κ3) is 8.05. The van der Waals surface area contributed by atoms with E-state index in [0.717, 1.165) is 33.5 Å². The Labute approximate surface area is 337 Å². The lowest BCUT2D eigenvalue weighted by Gasteiger charge is -2.45. The Morgan fingerprint density at radius 3 is 2.10 bits per heavy atom. The average molecular weight is 813 g/mol. The number of halogens is 5. The molecule has 59 heavy (non-hydrogen) atoms. The molecule has 0 bridgehead atoms. The van der Waals surface area contributed by atoms with Crippen LogP contribution >= 0.6 is 0 Å². The molecule has 306 valence electrons. The quantitative estimate of drug-likeness (QED) is 0.0766. The fourth-order valence-corrected chi connectivity index (χ4v) is 8.23. The second kappa shape index (κ2) is 16.9. The summed E-state index contributed by atoms with van der Waals surface area (Å²) in [4.78, 5) is 30.3. The molecule has 0 saturated carbocycles. The van der Waals surface area contributed by atoms with Crippen molar-refractivity contribution < 1.29 is 46.1 Å². The number of aliphatic hydroxyl groups is 1. The summed E-state index contributed by atoms with van der Waals surface area (Å²) in [5.74, 6) is -12.5. The van der Waals surface area contributed by atoms with Gasteiger partial charge in [0.2, 0.25) is 11.7 Å². The molecule has 14 heteroatoms.